The molecule has 1 aromatic heterocycles. The molecule has 1 heterocycles. The molecule has 1 aliphatic rings. The summed E-state index contributed by atoms with van der Waals surface area (Å²) in [4.78, 5) is 2.44. The summed E-state index contributed by atoms with van der Waals surface area (Å²) >= 11 is 0. The Labute approximate surface area is 390 Å². The maximum Gasteiger partial charge on any atom is 0.136 e. The molecule has 0 aliphatic heterocycles. The van der Waals surface area contributed by atoms with Crippen LogP contribution in [0.2, 0.25) is 0 Å². The Kier molecular flexibility index (Phi) is 9.11. The van der Waals surface area contributed by atoms with Gasteiger partial charge in [-0.05, 0) is 121 Å². The predicted octanol–water partition coefficient (Wildman–Crippen LogP) is 17.6. The van der Waals surface area contributed by atoms with E-state index in [4.69, 9.17) is 4.42 Å². The Morgan fingerprint density at radius 1 is 0.299 bits per heavy atom. The van der Waals surface area contributed by atoms with Crippen LogP contribution < -0.4 is 4.90 Å². The maximum atomic E-state index is 6.47. The van der Waals surface area contributed by atoms with Crippen molar-refractivity contribution in [1.82, 2.24) is 0 Å². The molecule has 0 fully saturated rings. The molecule has 67 heavy (non-hydrogen) atoms. The van der Waals surface area contributed by atoms with Crippen molar-refractivity contribution in [2.45, 2.75) is 5.41 Å². The number of nitrogens with zero attached hydrogens (tertiary/aromatic N) is 1. The molecule has 0 radical (unpaired) electrons. The van der Waals surface area contributed by atoms with Crippen molar-refractivity contribution in [2.75, 3.05) is 4.90 Å². The third-order valence-electron chi connectivity index (χ3n) is 14.0. The highest BCUT2D eigenvalue weighted by Crippen LogP contribution is 2.57. The van der Waals surface area contributed by atoms with E-state index in [-0.39, 0.29) is 0 Å². The number of fused-ring (bicyclic) bond motifs is 7. The van der Waals surface area contributed by atoms with Crippen LogP contribution in [0.15, 0.2) is 265 Å². The van der Waals surface area contributed by atoms with Crippen molar-refractivity contribution in [1.29, 1.82) is 0 Å². The van der Waals surface area contributed by atoms with Crippen LogP contribution in [0, 0.1) is 0 Å². The highest BCUT2D eigenvalue weighted by Gasteiger charge is 2.46. The Morgan fingerprint density at radius 2 is 0.836 bits per heavy atom. The maximum absolute atomic E-state index is 6.47. The monoisotopic (exact) mass is 853 g/mol. The van der Waals surface area contributed by atoms with Crippen LogP contribution >= 0.6 is 0 Å². The van der Waals surface area contributed by atoms with Gasteiger partial charge >= 0.3 is 0 Å². The van der Waals surface area contributed by atoms with Crippen molar-refractivity contribution < 1.29 is 4.42 Å². The molecule has 2 heteroatoms. The first kappa shape index (κ1) is 38.7. The lowest BCUT2D eigenvalue weighted by molar-refractivity contribution is 0.669. The average molecular weight is 854 g/mol. The Bertz CT molecular complexity index is 3750. The largest absolute Gasteiger partial charge is 0.456 e. The fraction of sp³-hybridized carbons (Fsp3) is 0.0154. The molecule has 314 valence electrons. The zero-order chi connectivity index (χ0) is 44.3. The number of hydrogen-bond acceptors (Lipinski definition) is 2. The Morgan fingerprint density at radius 3 is 1.61 bits per heavy atom. The molecule has 0 N–H and O–H groups in total. The molecule has 2 nitrogen and oxygen atoms in total. The molecule has 0 bridgehead atoms. The first-order valence-corrected chi connectivity index (χ1v) is 23.1. The van der Waals surface area contributed by atoms with E-state index < -0.39 is 5.41 Å². The van der Waals surface area contributed by atoms with Gasteiger partial charge < -0.3 is 9.32 Å². The van der Waals surface area contributed by atoms with Gasteiger partial charge in [0.2, 0.25) is 0 Å². The molecular weight excluding hydrogens is 811 g/mol. The summed E-state index contributed by atoms with van der Waals surface area (Å²) in [5.41, 5.74) is 19.0. The second-order valence-electron chi connectivity index (χ2n) is 17.6. The van der Waals surface area contributed by atoms with Crippen molar-refractivity contribution in [3.05, 3.63) is 283 Å². The summed E-state index contributed by atoms with van der Waals surface area (Å²) in [6.07, 6.45) is 0. The van der Waals surface area contributed by atoms with E-state index >= 15 is 0 Å². The topological polar surface area (TPSA) is 16.4 Å². The Hall–Kier alpha value is -8.72. The minimum Gasteiger partial charge on any atom is -0.456 e. The minimum atomic E-state index is -0.538. The Balaban J connectivity index is 0.983. The van der Waals surface area contributed by atoms with E-state index in [0.29, 0.717) is 0 Å². The van der Waals surface area contributed by atoms with Gasteiger partial charge in [-0.15, -0.1) is 0 Å². The number of benzene rings is 11. The molecular formula is C65H43NO. The lowest BCUT2D eigenvalue weighted by Crippen LogP contribution is -2.28. The summed E-state index contributed by atoms with van der Waals surface area (Å²) in [7, 11) is 0. The number of furan rings is 1. The van der Waals surface area contributed by atoms with Crippen molar-refractivity contribution in [3.8, 4) is 44.5 Å². The van der Waals surface area contributed by atoms with Crippen molar-refractivity contribution >= 4 is 49.8 Å². The van der Waals surface area contributed by atoms with E-state index in [1.165, 1.54) is 60.8 Å². The highest BCUT2D eigenvalue weighted by molar-refractivity contribution is 6.06. The van der Waals surface area contributed by atoms with E-state index in [1.54, 1.807) is 0 Å². The SMILES string of the molecule is c1ccc(C2(c3ccccc3)c3ccccc3-c3ccc(N(c4ccc(-c5ccc(-c6cccc7ccccc67)cc5)cc4)c4ccccc4-c4ccc5c(c4)oc4ccccc45)cc32)cc1. The summed E-state index contributed by atoms with van der Waals surface area (Å²) in [6.45, 7) is 0. The van der Waals surface area contributed by atoms with Crippen molar-refractivity contribution in [2.24, 2.45) is 0 Å². The first-order valence-electron chi connectivity index (χ1n) is 23.1. The average Bonchev–Trinajstić information content (AvgIpc) is 3.93. The molecule has 0 amide bonds. The predicted molar refractivity (Wildman–Crippen MR) is 280 cm³/mol. The highest BCUT2D eigenvalue weighted by atomic mass is 16.3. The van der Waals surface area contributed by atoms with E-state index in [0.717, 1.165) is 55.7 Å². The zero-order valence-corrected chi connectivity index (χ0v) is 36.7. The quantitative estimate of drug-likeness (QED) is 0.151. The smallest absolute Gasteiger partial charge is 0.136 e. The van der Waals surface area contributed by atoms with Crippen LogP contribution in [0.3, 0.4) is 0 Å². The van der Waals surface area contributed by atoms with Gasteiger partial charge in [-0.2, -0.15) is 0 Å². The second kappa shape index (κ2) is 15.8. The van der Waals surface area contributed by atoms with Gasteiger partial charge in [0.25, 0.3) is 0 Å². The third kappa shape index (κ3) is 6.26. The van der Waals surface area contributed by atoms with Gasteiger partial charge in [0.05, 0.1) is 11.1 Å². The lowest BCUT2D eigenvalue weighted by atomic mass is 9.67. The molecule has 1 aliphatic carbocycles. The van der Waals surface area contributed by atoms with Crippen LogP contribution in [0.5, 0.6) is 0 Å². The lowest BCUT2D eigenvalue weighted by Gasteiger charge is -2.35. The normalized spacial score (nSPS) is 12.6. The number of hydrogen-bond donors (Lipinski definition) is 0. The van der Waals surface area contributed by atoms with Crippen LogP contribution in [0.4, 0.5) is 17.1 Å². The first-order chi connectivity index (χ1) is 33.2. The number of para-hydroxylation sites is 2. The van der Waals surface area contributed by atoms with Crippen LogP contribution in [0.25, 0.3) is 77.2 Å². The van der Waals surface area contributed by atoms with E-state index in [2.05, 4.69) is 254 Å². The van der Waals surface area contributed by atoms with Gasteiger partial charge in [0, 0.05) is 27.7 Å². The molecule has 0 saturated carbocycles. The molecule has 13 rings (SSSR count). The molecule has 12 aromatic rings. The van der Waals surface area contributed by atoms with Gasteiger partial charge in [-0.25, -0.2) is 0 Å². The van der Waals surface area contributed by atoms with Gasteiger partial charge in [0.1, 0.15) is 11.2 Å². The number of anilines is 3. The van der Waals surface area contributed by atoms with Crippen LogP contribution in [-0.2, 0) is 5.41 Å². The summed E-state index contributed by atoms with van der Waals surface area (Å²) in [6, 6.07) is 95.1. The van der Waals surface area contributed by atoms with E-state index in [1.807, 2.05) is 12.1 Å². The fourth-order valence-corrected chi connectivity index (χ4v) is 10.9. The summed E-state index contributed by atoms with van der Waals surface area (Å²) < 4.78 is 6.47. The minimum absolute atomic E-state index is 0.538. The summed E-state index contributed by atoms with van der Waals surface area (Å²) in [5, 5.41) is 4.76. The van der Waals surface area contributed by atoms with Gasteiger partial charge in [-0.3, -0.25) is 0 Å². The molecule has 11 aromatic carbocycles. The molecule has 0 unspecified atom stereocenters. The molecule has 0 saturated heterocycles. The number of rotatable bonds is 8. The fourth-order valence-electron chi connectivity index (χ4n) is 10.9. The van der Waals surface area contributed by atoms with Crippen LogP contribution in [-0.4, -0.2) is 0 Å². The second-order valence-corrected chi connectivity index (χ2v) is 17.6. The molecule has 0 atom stereocenters. The van der Waals surface area contributed by atoms with E-state index in [9.17, 15) is 0 Å². The summed E-state index contributed by atoms with van der Waals surface area (Å²) in [5.74, 6) is 0. The third-order valence-corrected chi connectivity index (χ3v) is 14.0. The standard InChI is InChI=1S/C65H43NO/c1-3-18-49(19-4-1)65(50-20-5-2-6-21-50)60-27-12-9-24-56(60)57-41-39-52(43-61(57)65)66(62-28-13-10-23-55(62)48-36-40-59-58-25-11-14-29-63(58)67-64(59)42-48)51-37-34-45(35-38-51)44-30-32-47(33-31-44)54-26-15-17-46-16-7-8-22-53(46)54/h1-43H. The molecule has 0 spiro atoms. The van der Waals surface area contributed by atoms with Crippen LogP contribution in [0.1, 0.15) is 22.3 Å². The van der Waals surface area contributed by atoms with Crippen molar-refractivity contribution in [3.63, 3.8) is 0 Å². The van der Waals surface area contributed by atoms with Gasteiger partial charge in [0.15, 0.2) is 0 Å². The zero-order valence-electron chi connectivity index (χ0n) is 36.7. The van der Waals surface area contributed by atoms with Gasteiger partial charge in [-0.1, -0.05) is 212 Å².